The van der Waals surface area contributed by atoms with E-state index in [2.05, 4.69) is 16.9 Å². The Morgan fingerprint density at radius 1 is 1.19 bits per heavy atom. The maximum atomic E-state index is 13.6. The monoisotopic (exact) mass is 213 g/mol. The molecule has 0 amide bonds. The molecule has 0 spiro atoms. The summed E-state index contributed by atoms with van der Waals surface area (Å²) in [6, 6.07) is 6.61. The minimum Gasteiger partial charge on any atom is -0.237 e. The minimum atomic E-state index is -0.301. The third-order valence-corrected chi connectivity index (χ3v) is 2.12. The van der Waals surface area contributed by atoms with Crippen LogP contribution < -0.4 is 0 Å². The van der Waals surface area contributed by atoms with Crippen molar-refractivity contribution in [2.45, 2.75) is 0 Å². The first kappa shape index (κ1) is 10.5. The van der Waals surface area contributed by atoms with Crippen molar-refractivity contribution >= 4 is 6.08 Å². The number of allylic oxidation sites excluding steroid dienone is 1. The first-order valence-electron chi connectivity index (χ1n) is 4.84. The highest BCUT2D eigenvalue weighted by molar-refractivity contribution is 5.60. The van der Waals surface area contributed by atoms with Gasteiger partial charge in [0.25, 0.3) is 0 Å². The molecule has 2 aromatic rings. The van der Waals surface area contributed by atoms with E-state index in [4.69, 9.17) is 0 Å². The lowest BCUT2D eigenvalue weighted by molar-refractivity contribution is 0.625. The van der Waals surface area contributed by atoms with Gasteiger partial charge in [-0.3, -0.25) is 0 Å². The van der Waals surface area contributed by atoms with Crippen LogP contribution in [0.5, 0.6) is 0 Å². The van der Waals surface area contributed by atoms with Gasteiger partial charge >= 0.3 is 0 Å². The lowest BCUT2D eigenvalue weighted by atomic mass is 10.1. The summed E-state index contributed by atoms with van der Waals surface area (Å²) in [6.45, 7) is 3.53. The summed E-state index contributed by atoms with van der Waals surface area (Å²) in [4.78, 5) is 8.12. The molecule has 0 saturated heterocycles. The van der Waals surface area contributed by atoms with E-state index < -0.39 is 0 Å². The van der Waals surface area contributed by atoms with Crippen LogP contribution in [0.3, 0.4) is 0 Å². The van der Waals surface area contributed by atoms with Crippen molar-refractivity contribution in [1.29, 1.82) is 0 Å². The van der Waals surface area contributed by atoms with Crippen molar-refractivity contribution in [2.24, 2.45) is 0 Å². The van der Waals surface area contributed by atoms with E-state index in [9.17, 15) is 4.39 Å². The Kier molecular flexibility index (Phi) is 3.05. The van der Waals surface area contributed by atoms with Gasteiger partial charge in [-0.15, -0.1) is 0 Å². The second-order valence-corrected chi connectivity index (χ2v) is 3.21. The first-order chi connectivity index (χ1) is 7.81. The largest absolute Gasteiger partial charge is 0.237 e. The average Bonchev–Trinajstić information content (AvgIpc) is 2.33. The molecule has 0 aliphatic rings. The molecule has 0 atom stereocenters. The molecule has 1 radical (unpaired) electrons. The summed E-state index contributed by atoms with van der Waals surface area (Å²) in [5.74, 6) is 0.219. The highest BCUT2D eigenvalue weighted by Crippen LogP contribution is 2.18. The van der Waals surface area contributed by atoms with Crippen LogP contribution in [0.15, 0.2) is 42.7 Å². The third-order valence-electron chi connectivity index (χ3n) is 2.12. The van der Waals surface area contributed by atoms with Crippen molar-refractivity contribution in [1.82, 2.24) is 9.97 Å². The van der Waals surface area contributed by atoms with Crippen molar-refractivity contribution in [3.8, 4) is 11.4 Å². The standard InChI is InChI=1S/C13H10FN2/c1-2-4-10-5-6-11(9-12(10)14)13-15-7-3-8-16-13/h2-9H,1H2/b4-2+. The number of benzene rings is 1. The smallest absolute Gasteiger partial charge is 0.159 e. The van der Waals surface area contributed by atoms with Gasteiger partial charge in [-0.2, -0.15) is 0 Å². The fourth-order valence-corrected chi connectivity index (χ4v) is 1.38. The number of nitrogens with zero attached hydrogens (tertiary/aromatic N) is 2. The Balaban J connectivity index is 2.42. The second-order valence-electron chi connectivity index (χ2n) is 3.21. The molecule has 0 aliphatic carbocycles. The zero-order valence-corrected chi connectivity index (χ0v) is 8.60. The molecule has 0 saturated carbocycles. The molecule has 2 nitrogen and oxygen atoms in total. The number of hydrogen-bond donors (Lipinski definition) is 0. The molecule has 0 fully saturated rings. The Hall–Kier alpha value is -2.03. The number of rotatable bonds is 2. The molecular formula is C13H10FN2. The molecule has 2 rings (SSSR count). The SMILES string of the molecule is [CH2]/C=C/c1ccc(-c2ncccn2)cc1F. The van der Waals surface area contributed by atoms with E-state index in [1.165, 1.54) is 6.07 Å². The average molecular weight is 213 g/mol. The van der Waals surface area contributed by atoms with Crippen LogP contribution in [0, 0.1) is 12.7 Å². The van der Waals surface area contributed by atoms with Crippen LogP contribution in [0.4, 0.5) is 4.39 Å². The van der Waals surface area contributed by atoms with E-state index in [0.717, 1.165) is 0 Å². The third kappa shape index (κ3) is 2.14. The van der Waals surface area contributed by atoms with Gasteiger partial charge in [0.15, 0.2) is 5.82 Å². The van der Waals surface area contributed by atoms with Crippen molar-refractivity contribution in [3.63, 3.8) is 0 Å². The topological polar surface area (TPSA) is 25.8 Å². The van der Waals surface area contributed by atoms with E-state index in [-0.39, 0.29) is 5.82 Å². The summed E-state index contributed by atoms with van der Waals surface area (Å²) in [7, 11) is 0. The van der Waals surface area contributed by atoms with E-state index in [1.54, 1.807) is 42.7 Å². The van der Waals surface area contributed by atoms with E-state index in [1.807, 2.05) is 0 Å². The molecule has 0 aliphatic heterocycles. The Morgan fingerprint density at radius 3 is 2.56 bits per heavy atom. The summed E-state index contributed by atoms with van der Waals surface area (Å²) >= 11 is 0. The van der Waals surface area contributed by atoms with Crippen LogP contribution in [0.1, 0.15) is 5.56 Å². The van der Waals surface area contributed by atoms with Crippen LogP contribution in [-0.4, -0.2) is 9.97 Å². The zero-order valence-electron chi connectivity index (χ0n) is 8.60. The fraction of sp³-hybridized carbons (Fsp3) is 0. The zero-order chi connectivity index (χ0) is 11.4. The minimum absolute atomic E-state index is 0.301. The predicted molar refractivity (Wildman–Crippen MR) is 61.8 cm³/mol. The molecule has 0 N–H and O–H groups in total. The number of halogens is 1. The van der Waals surface area contributed by atoms with Crippen LogP contribution >= 0.6 is 0 Å². The van der Waals surface area contributed by atoms with Gasteiger partial charge in [-0.25, -0.2) is 14.4 Å². The van der Waals surface area contributed by atoms with Gasteiger partial charge in [0, 0.05) is 23.5 Å². The van der Waals surface area contributed by atoms with Gasteiger partial charge in [-0.05, 0) is 19.1 Å². The summed E-state index contributed by atoms with van der Waals surface area (Å²) in [5, 5.41) is 0. The summed E-state index contributed by atoms with van der Waals surface area (Å²) in [6.07, 6.45) is 6.43. The van der Waals surface area contributed by atoms with E-state index >= 15 is 0 Å². The van der Waals surface area contributed by atoms with Crippen molar-refractivity contribution < 1.29 is 4.39 Å². The highest BCUT2D eigenvalue weighted by Gasteiger charge is 2.04. The fourth-order valence-electron chi connectivity index (χ4n) is 1.38. The van der Waals surface area contributed by atoms with Gasteiger partial charge in [0.05, 0.1) is 0 Å². The predicted octanol–water partition coefficient (Wildman–Crippen LogP) is 3.13. The van der Waals surface area contributed by atoms with Gasteiger partial charge in [-0.1, -0.05) is 24.3 Å². The molecule has 0 bridgehead atoms. The second kappa shape index (κ2) is 4.66. The van der Waals surface area contributed by atoms with Gasteiger partial charge in [0.2, 0.25) is 0 Å². The Morgan fingerprint density at radius 2 is 1.94 bits per heavy atom. The molecule has 79 valence electrons. The molecular weight excluding hydrogens is 203 g/mol. The van der Waals surface area contributed by atoms with Gasteiger partial charge < -0.3 is 0 Å². The van der Waals surface area contributed by atoms with Crippen molar-refractivity contribution in [2.75, 3.05) is 0 Å². The van der Waals surface area contributed by atoms with E-state index in [0.29, 0.717) is 17.0 Å². The number of aromatic nitrogens is 2. The molecule has 1 aromatic carbocycles. The molecule has 3 heteroatoms. The molecule has 1 heterocycles. The quantitative estimate of drug-likeness (QED) is 0.765. The van der Waals surface area contributed by atoms with Crippen LogP contribution in [0.2, 0.25) is 0 Å². The Bertz CT molecular complexity index is 507. The maximum Gasteiger partial charge on any atom is 0.159 e. The molecule has 16 heavy (non-hydrogen) atoms. The molecule has 1 aromatic heterocycles. The lowest BCUT2D eigenvalue weighted by Gasteiger charge is -2.01. The highest BCUT2D eigenvalue weighted by atomic mass is 19.1. The first-order valence-corrected chi connectivity index (χ1v) is 4.84. The maximum absolute atomic E-state index is 13.6. The molecule has 0 unspecified atom stereocenters. The van der Waals surface area contributed by atoms with Crippen LogP contribution in [0.25, 0.3) is 17.5 Å². The normalized spacial score (nSPS) is 10.9. The van der Waals surface area contributed by atoms with Crippen LogP contribution in [-0.2, 0) is 0 Å². The van der Waals surface area contributed by atoms with Gasteiger partial charge in [0.1, 0.15) is 5.82 Å². The number of hydrogen-bond acceptors (Lipinski definition) is 2. The van der Waals surface area contributed by atoms with Crippen molar-refractivity contribution in [3.05, 3.63) is 61.0 Å². The summed E-state index contributed by atoms with van der Waals surface area (Å²) in [5.41, 5.74) is 1.17. The summed E-state index contributed by atoms with van der Waals surface area (Å²) < 4.78 is 13.6. The lowest BCUT2D eigenvalue weighted by Crippen LogP contribution is -1.89. The Labute approximate surface area is 93.5 Å².